The Bertz CT molecular complexity index is 539. The summed E-state index contributed by atoms with van der Waals surface area (Å²) in [5.74, 6) is -2.52. The Labute approximate surface area is 120 Å². The van der Waals surface area contributed by atoms with E-state index < -0.39 is 29.9 Å². The van der Waals surface area contributed by atoms with E-state index in [1.165, 1.54) is 12.1 Å². The lowest BCUT2D eigenvalue weighted by Gasteiger charge is -2.18. The topological polar surface area (TPSA) is 142 Å². The van der Waals surface area contributed by atoms with Gasteiger partial charge in [-0.25, -0.2) is 4.79 Å². The largest absolute Gasteiger partial charge is 0.479 e. The first-order valence-electron chi connectivity index (χ1n) is 6.08. The molecular formula is C13H17N3O5. The molecule has 1 rings (SSSR count). The number of aliphatic carboxylic acids is 1. The Morgan fingerprint density at radius 2 is 1.76 bits per heavy atom. The van der Waals surface area contributed by atoms with Crippen molar-refractivity contribution in [1.29, 1.82) is 0 Å². The summed E-state index contributed by atoms with van der Waals surface area (Å²) in [6.07, 6.45) is 0. The van der Waals surface area contributed by atoms with Gasteiger partial charge in [-0.2, -0.15) is 0 Å². The Kier molecular flexibility index (Phi) is 5.25. The molecule has 0 saturated carbocycles. The number of anilines is 1. The van der Waals surface area contributed by atoms with Crippen molar-refractivity contribution in [3.05, 3.63) is 29.8 Å². The number of nitrogen functional groups attached to an aromatic ring is 1. The molecule has 0 saturated heterocycles. The fourth-order valence-corrected chi connectivity index (χ4v) is 1.31. The maximum atomic E-state index is 11.7. The highest BCUT2D eigenvalue weighted by molar-refractivity contribution is 5.96. The first kappa shape index (κ1) is 16.4. The summed E-state index contributed by atoms with van der Waals surface area (Å²) in [4.78, 5) is 33.8. The number of carboxylic acids is 1. The van der Waals surface area contributed by atoms with Crippen molar-refractivity contribution in [2.45, 2.75) is 12.5 Å². The van der Waals surface area contributed by atoms with Crippen LogP contribution in [0.1, 0.15) is 17.3 Å². The van der Waals surface area contributed by atoms with Crippen molar-refractivity contribution in [2.24, 2.45) is 0 Å². The van der Waals surface area contributed by atoms with Crippen LogP contribution in [0.5, 0.6) is 0 Å². The molecule has 1 aromatic rings. The average Bonchev–Trinajstić information content (AvgIpc) is 2.43. The molecule has 1 unspecified atom stereocenters. The van der Waals surface area contributed by atoms with Crippen LogP contribution in [0.4, 0.5) is 5.69 Å². The van der Waals surface area contributed by atoms with Gasteiger partial charge < -0.3 is 26.6 Å². The van der Waals surface area contributed by atoms with E-state index in [9.17, 15) is 19.5 Å². The molecule has 21 heavy (non-hydrogen) atoms. The molecule has 0 radical (unpaired) electrons. The predicted molar refractivity (Wildman–Crippen MR) is 74.5 cm³/mol. The van der Waals surface area contributed by atoms with Gasteiger partial charge in [0.15, 0.2) is 5.60 Å². The number of hydrogen-bond acceptors (Lipinski definition) is 5. The third-order valence-corrected chi connectivity index (χ3v) is 2.67. The maximum Gasteiger partial charge on any atom is 0.337 e. The summed E-state index contributed by atoms with van der Waals surface area (Å²) in [5.41, 5.74) is 4.28. The highest BCUT2D eigenvalue weighted by Gasteiger charge is 2.30. The standard InChI is InChI=1S/C13H17N3O5/c1-13(21,12(19)20)7-16-10(17)6-15-11(18)8-2-4-9(14)5-3-8/h2-5,21H,6-7,14H2,1H3,(H,15,18)(H,16,17)(H,19,20). The highest BCUT2D eigenvalue weighted by atomic mass is 16.4. The van der Waals surface area contributed by atoms with E-state index in [-0.39, 0.29) is 6.54 Å². The van der Waals surface area contributed by atoms with Crippen LogP contribution in [0.2, 0.25) is 0 Å². The second-order valence-electron chi connectivity index (χ2n) is 4.66. The molecule has 1 atom stereocenters. The monoisotopic (exact) mass is 295 g/mol. The third kappa shape index (κ3) is 5.11. The van der Waals surface area contributed by atoms with E-state index in [1.807, 2.05) is 0 Å². The minimum absolute atomic E-state index is 0.334. The van der Waals surface area contributed by atoms with Gasteiger partial charge in [-0.15, -0.1) is 0 Å². The van der Waals surface area contributed by atoms with Crippen LogP contribution < -0.4 is 16.4 Å². The number of nitrogens with one attached hydrogen (secondary N) is 2. The van der Waals surface area contributed by atoms with E-state index in [0.717, 1.165) is 6.92 Å². The molecule has 0 spiro atoms. The maximum absolute atomic E-state index is 11.7. The van der Waals surface area contributed by atoms with Gasteiger partial charge in [0.25, 0.3) is 5.91 Å². The lowest BCUT2D eigenvalue weighted by Crippen LogP contribution is -2.48. The van der Waals surface area contributed by atoms with E-state index >= 15 is 0 Å². The fourth-order valence-electron chi connectivity index (χ4n) is 1.31. The van der Waals surface area contributed by atoms with Gasteiger partial charge >= 0.3 is 5.97 Å². The van der Waals surface area contributed by atoms with E-state index in [0.29, 0.717) is 11.3 Å². The van der Waals surface area contributed by atoms with Crippen LogP contribution in [-0.4, -0.2) is 46.7 Å². The molecule has 1 aromatic carbocycles. The van der Waals surface area contributed by atoms with Crippen LogP contribution in [-0.2, 0) is 9.59 Å². The number of nitrogens with two attached hydrogens (primary N) is 1. The predicted octanol–water partition coefficient (Wildman–Crippen LogP) is -1.05. The van der Waals surface area contributed by atoms with Crippen LogP contribution in [0.15, 0.2) is 24.3 Å². The summed E-state index contributed by atoms with van der Waals surface area (Å²) >= 11 is 0. The third-order valence-electron chi connectivity index (χ3n) is 2.67. The summed E-state index contributed by atoms with van der Waals surface area (Å²) < 4.78 is 0. The lowest BCUT2D eigenvalue weighted by molar-refractivity contribution is -0.156. The second kappa shape index (κ2) is 6.71. The van der Waals surface area contributed by atoms with Gasteiger partial charge in [-0.1, -0.05) is 0 Å². The number of hydrogen-bond donors (Lipinski definition) is 5. The molecule has 0 aliphatic carbocycles. The number of carbonyl (C=O) groups is 3. The van der Waals surface area contributed by atoms with Gasteiger partial charge in [-0.05, 0) is 31.2 Å². The molecule has 8 heteroatoms. The van der Waals surface area contributed by atoms with Crippen LogP contribution >= 0.6 is 0 Å². The lowest BCUT2D eigenvalue weighted by atomic mass is 10.1. The molecule has 0 bridgehead atoms. The van der Waals surface area contributed by atoms with E-state index in [4.69, 9.17) is 10.8 Å². The number of rotatable bonds is 6. The van der Waals surface area contributed by atoms with Gasteiger partial charge in [0.1, 0.15) is 0 Å². The molecule has 2 amide bonds. The van der Waals surface area contributed by atoms with Gasteiger partial charge in [-0.3, -0.25) is 9.59 Å². The first-order chi connectivity index (χ1) is 9.72. The minimum Gasteiger partial charge on any atom is -0.479 e. The van der Waals surface area contributed by atoms with Crippen LogP contribution in [0.25, 0.3) is 0 Å². The number of amides is 2. The fraction of sp³-hybridized carbons (Fsp3) is 0.308. The van der Waals surface area contributed by atoms with Crippen molar-refractivity contribution < 1.29 is 24.6 Å². The number of carbonyl (C=O) groups excluding carboxylic acids is 2. The highest BCUT2D eigenvalue weighted by Crippen LogP contribution is 2.05. The zero-order chi connectivity index (χ0) is 16.0. The molecular weight excluding hydrogens is 278 g/mol. The molecule has 0 fully saturated rings. The molecule has 0 aliphatic heterocycles. The Hall–Kier alpha value is -2.61. The van der Waals surface area contributed by atoms with Gasteiger partial charge in [0.05, 0.1) is 13.1 Å². The summed E-state index contributed by atoms with van der Waals surface area (Å²) in [6.45, 7) is 0.264. The Morgan fingerprint density at radius 3 is 2.29 bits per heavy atom. The minimum atomic E-state index is -2.06. The summed E-state index contributed by atoms with van der Waals surface area (Å²) in [6, 6.07) is 6.13. The smallest absolute Gasteiger partial charge is 0.337 e. The summed E-state index contributed by atoms with van der Waals surface area (Å²) in [7, 11) is 0. The summed E-state index contributed by atoms with van der Waals surface area (Å²) in [5, 5.41) is 22.6. The van der Waals surface area contributed by atoms with Gasteiger partial charge in [0.2, 0.25) is 5.91 Å². The van der Waals surface area contributed by atoms with Crippen molar-refractivity contribution in [3.63, 3.8) is 0 Å². The van der Waals surface area contributed by atoms with Crippen LogP contribution in [0.3, 0.4) is 0 Å². The molecule has 114 valence electrons. The van der Waals surface area contributed by atoms with E-state index in [2.05, 4.69) is 10.6 Å². The quantitative estimate of drug-likeness (QED) is 0.424. The Morgan fingerprint density at radius 1 is 1.19 bits per heavy atom. The molecule has 0 heterocycles. The van der Waals surface area contributed by atoms with Crippen molar-refractivity contribution in [3.8, 4) is 0 Å². The molecule has 0 aromatic heterocycles. The normalized spacial score (nSPS) is 13.0. The molecule has 8 nitrogen and oxygen atoms in total. The number of carboxylic acid groups (broad SMARTS) is 1. The van der Waals surface area contributed by atoms with Gasteiger partial charge in [0, 0.05) is 11.3 Å². The van der Waals surface area contributed by atoms with Crippen molar-refractivity contribution in [1.82, 2.24) is 10.6 Å². The van der Waals surface area contributed by atoms with E-state index in [1.54, 1.807) is 12.1 Å². The first-order valence-corrected chi connectivity index (χ1v) is 6.08. The zero-order valence-corrected chi connectivity index (χ0v) is 11.4. The Balaban J connectivity index is 2.41. The number of benzene rings is 1. The van der Waals surface area contributed by atoms with Crippen LogP contribution in [0, 0.1) is 0 Å². The van der Waals surface area contributed by atoms with Crippen molar-refractivity contribution in [2.75, 3.05) is 18.8 Å². The van der Waals surface area contributed by atoms with Crippen molar-refractivity contribution >= 4 is 23.5 Å². The number of aliphatic hydroxyl groups is 1. The zero-order valence-electron chi connectivity index (χ0n) is 11.4. The molecule has 6 N–H and O–H groups in total. The SMILES string of the molecule is CC(O)(CNC(=O)CNC(=O)c1ccc(N)cc1)C(=O)O. The average molecular weight is 295 g/mol. The molecule has 0 aliphatic rings. The second-order valence-corrected chi connectivity index (χ2v) is 4.66.